The fourth-order valence-corrected chi connectivity index (χ4v) is 3.10. The Kier molecular flexibility index (Phi) is 12.1. The van der Waals surface area contributed by atoms with E-state index in [1.54, 1.807) is 36.4 Å². The molecule has 32 heavy (non-hydrogen) atoms. The maximum atomic E-state index is 12.4. The second-order valence-electron chi connectivity index (χ2n) is 8.26. The summed E-state index contributed by atoms with van der Waals surface area (Å²) in [5.74, 6) is 2.16. The standard InChI is InChI=1S/C28H38O4/c1-4-6-7-8-9-10-11-12-21-30-25-17-19-27(20-18-25)32-28(29)24-13-15-26(16-14-24)31-22-23(3)5-2/h4,13-20,23H,1,5-12,21-22H2,2-3H3/t23-/m0/s1. The zero-order chi connectivity index (χ0) is 23.0. The summed E-state index contributed by atoms with van der Waals surface area (Å²) in [7, 11) is 0. The zero-order valence-electron chi connectivity index (χ0n) is 19.7. The zero-order valence-corrected chi connectivity index (χ0v) is 19.7. The van der Waals surface area contributed by atoms with E-state index in [0.717, 1.165) is 30.8 Å². The third-order valence-corrected chi connectivity index (χ3v) is 5.43. The fourth-order valence-electron chi connectivity index (χ4n) is 3.10. The van der Waals surface area contributed by atoms with Gasteiger partial charge in [0, 0.05) is 0 Å². The van der Waals surface area contributed by atoms with E-state index in [0.29, 0.717) is 30.4 Å². The molecule has 2 aromatic rings. The molecule has 0 bridgehead atoms. The lowest BCUT2D eigenvalue weighted by Crippen LogP contribution is -2.09. The van der Waals surface area contributed by atoms with Crippen LogP contribution in [-0.2, 0) is 0 Å². The van der Waals surface area contributed by atoms with Crippen molar-refractivity contribution in [2.24, 2.45) is 5.92 Å². The summed E-state index contributed by atoms with van der Waals surface area (Å²) in [4.78, 5) is 12.4. The van der Waals surface area contributed by atoms with Gasteiger partial charge in [-0.1, -0.05) is 52.0 Å². The molecule has 0 saturated carbocycles. The lowest BCUT2D eigenvalue weighted by molar-refractivity contribution is 0.0734. The Balaban J connectivity index is 1.67. The molecule has 0 N–H and O–H groups in total. The predicted molar refractivity (Wildman–Crippen MR) is 131 cm³/mol. The number of ether oxygens (including phenoxy) is 3. The van der Waals surface area contributed by atoms with Crippen LogP contribution in [0.4, 0.5) is 0 Å². The van der Waals surface area contributed by atoms with Crippen molar-refractivity contribution in [3.8, 4) is 17.2 Å². The van der Waals surface area contributed by atoms with Gasteiger partial charge in [-0.05, 0) is 73.7 Å². The molecule has 0 saturated heterocycles. The topological polar surface area (TPSA) is 44.8 Å². The van der Waals surface area contributed by atoms with Gasteiger partial charge in [0.1, 0.15) is 17.2 Å². The quantitative estimate of drug-likeness (QED) is 0.117. The number of unbranched alkanes of at least 4 members (excludes halogenated alkanes) is 6. The van der Waals surface area contributed by atoms with Crippen LogP contribution in [0.25, 0.3) is 0 Å². The normalized spacial score (nSPS) is 11.6. The van der Waals surface area contributed by atoms with Crippen LogP contribution in [-0.4, -0.2) is 19.2 Å². The van der Waals surface area contributed by atoms with Gasteiger partial charge in [-0.25, -0.2) is 4.79 Å². The Hall–Kier alpha value is -2.75. The van der Waals surface area contributed by atoms with Gasteiger partial charge in [-0.2, -0.15) is 0 Å². The van der Waals surface area contributed by atoms with E-state index < -0.39 is 0 Å². The molecule has 0 amide bonds. The minimum atomic E-state index is -0.389. The number of hydrogen-bond acceptors (Lipinski definition) is 4. The number of hydrogen-bond donors (Lipinski definition) is 0. The van der Waals surface area contributed by atoms with E-state index in [1.807, 2.05) is 18.2 Å². The average molecular weight is 439 g/mol. The van der Waals surface area contributed by atoms with E-state index in [-0.39, 0.29) is 5.97 Å². The molecule has 0 aliphatic rings. The van der Waals surface area contributed by atoms with Crippen molar-refractivity contribution in [3.05, 3.63) is 66.7 Å². The van der Waals surface area contributed by atoms with Gasteiger partial charge >= 0.3 is 5.97 Å². The highest BCUT2D eigenvalue weighted by Gasteiger charge is 2.09. The Morgan fingerprint density at radius 3 is 2.06 bits per heavy atom. The second kappa shape index (κ2) is 15.1. The summed E-state index contributed by atoms with van der Waals surface area (Å²) in [6, 6.07) is 14.3. The molecule has 0 radical (unpaired) electrons. The summed E-state index contributed by atoms with van der Waals surface area (Å²) >= 11 is 0. The van der Waals surface area contributed by atoms with Crippen LogP contribution in [0.1, 0.15) is 75.6 Å². The first-order chi connectivity index (χ1) is 15.6. The summed E-state index contributed by atoms with van der Waals surface area (Å²) in [5.41, 5.74) is 0.491. The number of carbonyl (C=O) groups is 1. The molecule has 0 aliphatic carbocycles. The molecule has 2 rings (SSSR count). The largest absolute Gasteiger partial charge is 0.494 e. The van der Waals surface area contributed by atoms with E-state index in [4.69, 9.17) is 14.2 Å². The van der Waals surface area contributed by atoms with Crippen LogP contribution in [0.15, 0.2) is 61.2 Å². The van der Waals surface area contributed by atoms with E-state index in [2.05, 4.69) is 20.4 Å². The smallest absolute Gasteiger partial charge is 0.343 e. The second-order valence-corrected chi connectivity index (χ2v) is 8.26. The Morgan fingerprint density at radius 1 is 0.844 bits per heavy atom. The predicted octanol–water partition coefficient (Wildman–Crippen LogP) is 7.63. The molecule has 1 atom stereocenters. The lowest BCUT2D eigenvalue weighted by atomic mass is 10.1. The van der Waals surface area contributed by atoms with Crippen LogP contribution in [0.3, 0.4) is 0 Å². The van der Waals surface area contributed by atoms with Gasteiger partial charge < -0.3 is 14.2 Å². The van der Waals surface area contributed by atoms with Gasteiger partial charge in [0.15, 0.2) is 0 Å². The van der Waals surface area contributed by atoms with Gasteiger partial charge in [0.25, 0.3) is 0 Å². The van der Waals surface area contributed by atoms with E-state index >= 15 is 0 Å². The average Bonchev–Trinajstić information content (AvgIpc) is 2.82. The van der Waals surface area contributed by atoms with Crippen LogP contribution in [0.2, 0.25) is 0 Å². The summed E-state index contributed by atoms with van der Waals surface area (Å²) < 4.78 is 17.0. The summed E-state index contributed by atoms with van der Waals surface area (Å²) in [6.45, 7) is 9.42. The van der Waals surface area contributed by atoms with Crippen molar-refractivity contribution in [1.29, 1.82) is 0 Å². The van der Waals surface area contributed by atoms with E-state index in [9.17, 15) is 4.79 Å². The molecule has 2 aromatic carbocycles. The maximum Gasteiger partial charge on any atom is 0.343 e. The molecule has 0 aliphatic heterocycles. The highest BCUT2D eigenvalue weighted by molar-refractivity contribution is 5.91. The highest BCUT2D eigenvalue weighted by atomic mass is 16.5. The first kappa shape index (κ1) is 25.5. The van der Waals surface area contributed by atoms with Crippen LogP contribution < -0.4 is 14.2 Å². The Morgan fingerprint density at radius 2 is 1.41 bits per heavy atom. The molecular formula is C28H38O4. The molecule has 0 spiro atoms. The molecule has 0 heterocycles. The van der Waals surface area contributed by atoms with Crippen molar-refractivity contribution < 1.29 is 19.0 Å². The van der Waals surface area contributed by atoms with Crippen molar-refractivity contribution >= 4 is 5.97 Å². The molecule has 4 nitrogen and oxygen atoms in total. The minimum absolute atomic E-state index is 0.389. The SMILES string of the molecule is C=CCCCCCCCCOc1ccc(OC(=O)c2ccc(OC[C@@H](C)CC)cc2)cc1. The Bertz CT molecular complexity index is 780. The molecule has 0 fully saturated rings. The first-order valence-corrected chi connectivity index (χ1v) is 11.9. The van der Waals surface area contributed by atoms with Crippen LogP contribution >= 0.6 is 0 Å². The fraction of sp³-hybridized carbons (Fsp3) is 0.464. The van der Waals surface area contributed by atoms with Crippen molar-refractivity contribution in [3.63, 3.8) is 0 Å². The number of esters is 1. The molecule has 4 heteroatoms. The van der Waals surface area contributed by atoms with Crippen molar-refractivity contribution in [1.82, 2.24) is 0 Å². The van der Waals surface area contributed by atoms with Gasteiger partial charge in [-0.3, -0.25) is 0 Å². The molecule has 0 aromatic heterocycles. The third-order valence-electron chi connectivity index (χ3n) is 5.43. The summed E-state index contributed by atoms with van der Waals surface area (Å²) in [5, 5.41) is 0. The molecule has 174 valence electrons. The lowest BCUT2D eigenvalue weighted by Gasteiger charge is -2.11. The number of benzene rings is 2. The monoisotopic (exact) mass is 438 g/mol. The maximum absolute atomic E-state index is 12.4. The van der Waals surface area contributed by atoms with Gasteiger partial charge in [0.2, 0.25) is 0 Å². The molecular weight excluding hydrogens is 400 g/mol. The number of rotatable bonds is 16. The van der Waals surface area contributed by atoms with Gasteiger partial charge in [-0.15, -0.1) is 6.58 Å². The van der Waals surface area contributed by atoms with E-state index in [1.165, 1.54) is 32.1 Å². The highest BCUT2D eigenvalue weighted by Crippen LogP contribution is 2.20. The first-order valence-electron chi connectivity index (χ1n) is 11.9. The third kappa shape index (κ3) is 10.0. The van der Waals surface area contributed by atoms with Crippen molar-refractivity contribution in [2.45, 2.75) is 65.2 Å². The number of carbonyl (C=O) groups excluding carboxylic acids is 1. The number of allylic oxidation sites excluding steroid dienone is 1. The van der Waals surface area contributed by atoms with Crippen LogP contribution in [0.5, 0.6) is 17.2 Å². The van der Waals surface area contributed by atoms with Crippen LogP contribution in [0, 0.1) is 5.92 Å². The van der Waals surface area contributed by atoms with Gasteiger partial charge in [0.05, 0.1) is 18.8 Å². The van der Waals surface area contributed by atoms with Crippen molar-refractivity contribution in [2.75, 3.05) is 13.2 Å². The molecule has 0 unspecified atom stereocenters. The summed E-state index contributed by atoms with van der Waals surface area (Å²) in [6.07, 6.45) is 11.5. The minimum Gasteiger partial charge on any atom is -0.494 e. The Labute approximate surface area is 193 Å².